The van der Waals surface area contributed by atoms with Gasteiger partial charge in [-0.3, -0.25) is 9.59 Å². The lowest BCUT2D eigenvalue weighted by Crippen LogP contribution is -3.14. The quantitative estimate of drug-likeness (QED) is 0.543. The third-order valence-electron chi connectivity index (χ3n) is 4.87. The van der Waals surface area contributed by atoms with E-state index >= 15 is 0 Å². The van der Waals surface area contributed by atoms with Crippen molar-refractivity contribution in [3.05, 3.63) is 41.3 Å². The van der Waals surface area contributed by atoms with E-state index in [1.165, 1.54) is 9.71 Å². The molecule has 1 aliphatic rings. The van der Waals surface area contributed by atoms with E-state index in [1.807, 2.05) is 44.2 Å². The molecule has 29 heavy (non-hydrogen) atoms. The molecule has 1 unspecified atom stereocenters. The predicted octanol–water partition coefficient (Wildman–Crippen LogP) is -0.828. The second kappa shape index (κ2) is 11.1. The monoisotopic (exact) mass is 423 g/mol. The van der Waals surface area contributed by atoms with Crippen molar-refractivity contribution in [2.45, 2.75) is 13.8 Å². The van der Waals surface area contributed by atoms with Crippen LogP contribution in [0.15, 0.2) is 35.7 Å². The SMILES string of the molecule is CCNC(=O)C[NH+](CC)CC(=O)N1CCN(S(=O)(=O)/C=C/c2ccccc2)CC1. The summed E-state index contributed by atoms with van der Waals surface area (Å²) in [5.74, 6) is -0.124. The minimum Gasteiger partial charge on any atom is -0.351 e. The highest BCUT2D eigenvalue weighted by Crippen LogP contribution is 2.11. The molecule has 160 valence electrons. The van der Waals surface area contributed by atoms with Gasteiger partial charge in [0.15, 0.2) is 13.1 Å². The van der Waals surface area contributed by atoms with Crippen molar-refractivity contribution >= 4 is 27.9 Å². The van der Waals surface area contributed by atoms with Gasteiger partial charge in [-0.05, 0) is 25.5 Å². The van der Waals surface area contributed by atoms with E-state index in [4.69, 9.17) is 0 Å². The molecular formula is C20H31N4O4S+. The number of piperazine rings is 1. The maximum atomic E-state index is 12.6. The summed E-state index contributed by atoms with van der Waals surface area (Å²) in [4.78, 5) is 26.9. The Morgan fingerprint density at radius 1 is 1.07 bits per heavy atom. The van der Waals surface area contributed by atoms with Crippen LogP contribution in [-0.4, -0.2) is 81.8 Å². The number of nitrogens with one attached hydrogen (secondary N) is 2. The molecule has 1 aromatic carbocycles. The molecule has 0 spiro atoms. The van der Waals surface area contributed by atoms with Gasteiger partial charge in [-0.15, -0.1) is 0 Å². The van der Waals surface area contributed by atoms with Gasteiger partial charge in [0.25, 0.3) is 11.8 Å². The first kappa shape index (κ1) is 23.1. The Bertz CT molecular complexity index is 803. The first-order valence-electron chi connectivity index (χ1n) is 9.97. The summed E-state index contributed by atoms with van der Waals surface area (Å²) in [7, 11) is -3.52. The van der Waals surface area contributed by atoms with Gasteiger partial charge in [0, 0.05) is 38.1 Å². The predicted molar refractivity (Wildman–Crippen MR) is 112 cm³/mol. The minimum atomic E-state index is -3.52. The van der Waals surface area contributed by atoms with Crippen LogP contribution in [0.1, 0.15) is 19.4 Å². The van der Waals surface area contributed by atoms with Gasteiger partial charge in [0.2, 0.25) is 10.0 Å². The van der Waals surface area contributed by atoms with Gasteiger partial charge in [0.05, 0.1) is 6.54 Å². The van der Waals surface area contributed by atoms with Gasteiger partial charge in [-0.25, -0.2) is 8.42 Å². The number of carbonyl (C=O) groups is 2. The highest BCUT2D eigenvalue weighted by molar-refractivity contribution is 7.92. The second-order valence-corrected chi connectivity index (χ2v) is 8.77. The third-order valence-corrected chi connectivity index (χ3v) is 6.43. The van der Waals surface area contributed by atoms with E-state index in [9.17, 15) is 18.0 Å². The summed E-state index contributed by atoms with van der Waals surface area (Å²) in [5.41, 5.74) is 0.819. The van der Waals surface area contributed by atoms with Gasteiger partial charge >= 0.3 is 0 Å². The number of benzene rings is 1. The number of hydrogen-bond acceptors (Lipinski definition) is 4. The number of rotatable bonds is 9. The molecule has 0 radical (unpaired) electrons. The van der Waals surface area contributed by atoms with E-state index in [-0.39, 0.29) is 38.0 Å². The van der Waals surface area contributed by atoms with Crippen LogP contribution in [0.2, 0.25) is 0 Å². The maximum Gasteiger partial charge on any atom is 0.277 e. The highest BCUT2D eigenvalue weighted by atomic mass is 32.2. The smallest absolute Gasteiger partial charge is 0.277 e. The zero-order valence-electron chi connectivity index (χ0n) is 17.1. The van der Waals surface area contributed by atoms with E-state index in [0.717, 1.165) is 10.5 Å². The largest absolute Gasteiger partial charge is 0.351 e. The number of amides is 2. The van der Waals surface area contributed by atoms with Crippen molar-refractivity contribution in [2.24, 2.45) is 0 Å². The van der Waals surface area contributed by atoms with Crippen LogP contribution in [0.3, 0.4) is 0 Å². The van der Waals surface area contributed by atoms with Gasteiger partial charge in [-0.1, -0.05) is 30.3 Å². The topological polar surface area (TPSA) is 91.2 Å². The fourth-order valence-electron chi connectivity index (χ4n) is 3.13. The molecule has 0 bridgehead atoms. The lowest BCUT2D eigenvalue weighted by molar-refractivity contribution is -0.882. The van der Waals surface area contributed by atoms with Crippen molar-refractivity contribution in [3.63, 3.8) is 0 Å². The lowest BCUT2D eigenvalue weighted by Gasteiger charge is -2.33. The first-order chi connectivity index (χ1) is 13.9. The lowest BCUT2D eigenvalue weighted by atomic mass is 10.2. The zero-order chi connectivity index (χ0) is 21.3. The van der Waals surface area contributed by atoms with Gasteiger partial charge in [0.1, 0.15) is 0 Å². The summed E-state index contributed by atoms with van der Waals surface area (Å²) in [6.45, 7) is 6.77. The Balaban J connectivity index is 1.86. The van der Waals surface area contributed by atoms with E-state index in [1.54, 1.807) is 11.0 Å². The van der Waals surface area contributed by atoms with Crippen LogP contribution in [0, 0.1) is 0 Å². The summed E-state index contributed by atoms with van der Waals surface area (Å²) in [6, 6.07) is 9.25. The second-order valence-electron chi connectivity index (χ2n) is 6.95. The Kier molecular flexibility index (Phi) is 8.81. The molecule has 2 amide bonds. The van der Waals surface area contributed by atoms with E-state index in [0.29, 0.717) is 26.2 Å². The summed E-state index contributed by atoms with van der Waals surface area (Å²) >= 11 is 0. The van der Waals surface area contributed by atoms with E-state index < -0.39 is 10.0 Å². The van der Waals surface area contributed by atoms with Crippen LogP contribution in [-0.2, 0) is 19.6 Å². The molecule has 1 fully saturated rings. The number of hydrogen-bond donors (Lipinski definition) is 2. The molecule has 2 N–H and O–H groups in total. The highest BCUT2D eigenvalue weighted by Gasteiger charge is 2.29. The van der Waals surface area contributed by atoms with Crippen LogP contribution in [0.4, 0.5) is 0 Å². The molecule has 8 nitrogen and oxygen atoms in total. The first-order valence-corrected chi connectivity index (χ1v) is 11.5. The molecule has 0 saturated carbocycles. The number of likely N-dealkylation sites (N-methyl/N-ethyl adjacent to an activating group) is 2. The molecule has 1 aliphatic heterocycles. The third kappa shape index (κ3) is 7.26. The maximum absolute atomic E-state index is 12.6. The number of nitrogens with zero attached hydrogens (tertiary/aromatic N) is 2. The standard InChI is InChI=1S/C20H30N4O4S/c1-3-21-19(25)16-22(4-2)17-20(26)23-11-13-24(14-12-23)29(27,28)15-10-18-8-6-5-7-9-18/h5-10,15H,3-4,11-14,16-17H2,1-2H3,(H,21,25)/p+1/b15-10+. The normalized spacial score (nSPS) is 16.7. The molecule has 1 heterocycles. The Labute approximate surface area is 173 Å². The summed E-state index contributed by atoms with van der Waals surface area (Å²) in [5, 5.41) is 3.96. The average Bonchev–Trinajstić information content (AvgIpc) is 2.73. The molecule has 0 aliphatic carbocycles. The van der Waals surface area contributed by atoms with Crippen LogP contribution < -0.4 is 10.2 Å². The molecule has 0 aromatic heterocycles. The number of carbonyl (C=O) groups excluding carboxylic acids is 2. The number of sulfonamides is 1. The minimum absolute atomic E-state index is 0.0528. The van der Waals surface area contributed by atoms with Gasteiger partial charge < -0.3 is 15.1 Å². The molecule has 1 aromatic rings. The summed E-state index contributed by atoms with van der Waals surface area (Å²) in [6.07, 6.45) is 1.58. The fraction of sp³-hybridized carbons (Fsp3) is 0.500. The summed E-state index contributed by atoms with van der Waals surface area (Å²) < 4.78 is 26.5. The van der Waals surface area contributed by atoms with Crippen molar-refractivity contribution in [1.29, 1.82) is 0 Å². The average molecular weight is 424 g/mol. The van der Waals surface area contributed by atoms with Gasteiger partial charge in [-0.2, -0.15) is 4.31 Å². The Morgan fingerprint density at radius 2 is 1.72 bits per heavy atom. The molecule has 9 heteroatoms. The Morgan fingerprint density at radius 3 is 2.31 bits per heavy atom. The number of quaternary nitrogens is 1. The van der Waals surface area contributed by atoms with E-state index in [2.05, 4.69) is 5.32 Å². The van der Waals surface area contributed by atoms with Crippen LogP contribution in [0.5, 0.6) is 0 Å². The van der Waals surface area contributed by atoms with Crippen molar-refractivity contribution in [1.82, 2.24) is 14.5 Å². The molecule has 1 atom stereocenters. The van der Waals surface area contributed by atoms with Crippen molar-refractivity contribution in [3.8, 4) is 0 Å². The van der Waals surface area contributed by atoms with Crippen LogP contribution in [0.25, 0.3) is 6.08 Å². The zero-order valence-corrected chi connectivity index (χ0v) is 18.0. The van der Waals surface area contributed by atoms with Crippen molar-refractivity contribution in [2.75, 3.05) is 52.4 Å². The van der Waals surface area contributed by atoms with Crippen LogP contribution >= 0.6 is 0 Å². The molecule has 2 rings (SSSR count). The fourth-order valence-corrected chi connectivity index (χ4v) is 4.31. The molecule has 1 saturated heterocycles. The Hall–Kier alpha value is -2.23. The molecular weight excluding hydrogens is 392 g/mol. The van der Waals surface area contributed by atoms with Crippen molar-refractivity contribution < 1.29 is 22.9 Å².